The average Bonchev–Trinajstić information content (AvgIpc) is 2.88. The quantitative estimate of drug-likeness (QED) is 0.912. The van der Waals surface area contributed by atoms with Gasteiger partial charge in [-0.2, -0.15) is 0 Å². The topological polar surface area (TPSA) is 64.4 Å². The van der Waals surface area contributed by atoms with E-state index in [-0.39, 0.29) is 11.4 Å². The van der Waals surface area contributed by atoms with Crippen LogP contribution in [0.4, 0.5) is 18.9 Å². The number of nitrogens with one attached hydrogen (secondary N) is 1. The largest absolute Gasteiger partial charge is 0.573 e. The molecule has 1 amide bonds. The van der Waals surface area contributed by atoms with Crippen LogP contribution >= 0.6 is 0 Å². The molecule has 0 unspecified atom stereocenters. The van der Waals surface area contributed by atoms with E-state index in [1.54, 1.807) is 0 Å². The lowest BCUT2D eigenvalue weighted by molar-refractivity contribution is -0.274. The Morgan fingerprint density at radius 2 is 2.00 bits per heavy atom. The van der Waals surface area contributed by atoms with E-state index in [9.17, 15) is 18.0 Å². The minimum Gasteiger partial charge on any atom is -0.406 e. The molecule has 8 heteroatoms. The van der Waals surface area contributed by atoms with Crippen LogP contribution in [0, 0.1) is 0 Å². The van der Waals surface area contributed by atoms with E-state index in [1.807, 2.05) is 6.92 Å². The number of halogens is 3. The Morgan fingerprint density at radius 1 is 1.32 bits per heavy atom. The first-order chi connectivity index (χ1) is 10.4. The summed E-state index contributed by atoms with van der Waals surface area (Å²) >= 11 is 0. The monoisotopic (exact) mass is 314 g/mol. The number of aryl methyl sites for hydroxylation is 1. The predicted octanol–water partition coefficient (Wildman–Crippen LogP) is 3.78. The standard InChI is InChI=1S/C14H13F3N2O3/c1-2-3-11-8-12(19-22-11)13(20)18-9-4-6-10(7-5-9)21-14(15,16)17/h4-8H,2-3H2,1H3,(H,18,20). The summed E-state index contributed by atoms with van der Waals surface area (Å²) in [4.78, 5) is 11.9. The highest BCUT2D eigenvalue weighted by molar-refractivity contribution is 6.02. The molecule has 0 aliphatic carbocycles. The van der Waals surface area contributed by atoms with Crippen molar-refractivity contribution in [1.29, 1.82) is 0 Å². The molecule has 2 aromatic rings. The number of carbonyl (C=O) groups is 1. The molecular weight excluding hydrogens is 301 g/mol. The second kappa shape index (κ2) is 6.50. The van der Waals surface area contributed by atoms with Crippen molar-refractivity contribution in [3.8, 4) is 5.75 Å². The molecule has 118 valence electrons. The van der Waals surface area contributed by atoms with E-state index < -0.39 is 12.3 Å². The van der Waals surface area contributed by atoms with Crippen LogP contribution in [0.2, 0.25) is 0 Å². The van der Waals surface area contributed by atoms with Gasteiger partial charge >= 0.3 is 6.36 Å². The van der Waals surface area contributed by atoms with Crippen LogP contribution in [0.5, 0.6) is 5.75 Å². The number of rotatable bonds is 5. The fraction of sp³-hybridized carbons (Fsp3) is 0.286. The Labute approximate surface area is 124 Å². The van der Waals surface area contributed by atoms with Crippen molar-refractivity contribution in [3.63, 3.8) is 0 Å². The first-order valence-electron chi connectivity index (χ1n) is 6.50. The van der Waals surface area contributed by atoms with Gasteiger partial charge in [-0.05, 0) is 30.7 Å². The highest BCUT2D eigenvalue weighted by Gasteiger charge is 2.30. The molecule has 0 fully saturated rings. The minimum absolute atomic E-state index is 0.110. The predicted molar refractivity (Wildman–Crippen MR) is 71.6 cm³/mol. The van der Waals surface area contributed by atoms with Crippen molar-refractivity contribution in [2.24, 2.45) is 0 Å². The van der Waals surface area contributed by atoms with E-state index in [0.29, 0.717) is 17.9 Å². The number of ether oxygens (including phenoxy) is 1. The van der Waals surface area contributed by atoms with Gasteiger partial charge in [-0.25, -0.2) is 0 Å². The van der Waals surface area contributed by atoms with Gasteiger partial charge in [0, 0.05) is 18.2 Å². The van der Waals surface area contributed by atoms with Gasteiger partial charge in [0.1, 0.15) is 11.5 Å². The summed E-state index contributed by atoms with van der Waals surface area (Å²) in [5.41, 5.74) is 0.429. The SMILES string of the molecule is CCCc1cc(C(=O)Nc2ccc(OC(F)(F)F)cc2)no1. The Kier molecular flexibility index (Phi) is 4.69. The number of nitrogens with zero attached hydrogens (tertiary/aromatic N) is 1. The molecule has 1 heterocycles. The van der Waals surface area contributed by atoms with Crippen LogP contribution in [0.15, 0.2) is 34.9 Å². The number of benzene rings is 1. The molecule has 0 radical (unpaired) electrons. The summed E-state index contributed by atoms with van der Waals surface area (Å²) in [6, 6.07) is 6.33. The highest BCUT2D eigenvalue weighted by Crippen LogP contribution is 2.24. The van der Waals surface area contributed by atoms with Crippen LogP contribution < -0.4 is 10.1 Å². The molecule has 0 spiro atoms. The first kappa shape index (κ1) is 15.9. The van der Waals surface area contributed by atoms with Crippen molar-refractivity contribution >= 4 is 11.6 Å². The van der Waals surface area contributed by atoms with Crippen molar-refractivity contribution in [2.45, 2.75) is 26.1 Å². The number of anilines is 1. The third-order valence-electron chi connectivity index (χ3n) is 2.63. The van der Waals surface area contributed by atoms with Crippen molar-refractivity contribution < 1.29 is 27.2 Å². The van der Waals surface area contributed by atoms with Crippen molar-refractivity contribution in [1.82, 2.24) is 5.16 Å². The van der Waals surface area contributed by atoms with E-state index in [2.05, 4.69) is 15.2 Å². The van der Waals surface area contributed by atoms with Crippen molar-refractivity contribution in [2.75, 3.05) is 5.32 Å². The van der Waals surface area contributed by atoms with Crippen LogP contribution in [0.25, 0.3) is 0 Å². The molecule has 2 rings (SSSR count). The molecule has 1 aromatic carbocycles. The van der Waals surface area contributed by atoms with Gasteiger partial charge in [-0.3, -0.25) is 4.79 Å². The zero-order valence-electron chi connectivity index (χ0n) is 11.6. The maximum absolute atomic E-state index is 12.0. The third kappa shape index (κ3) is 4.51. The first-order valence-corrected chi connectivity index (χ1v) is 6.50. The number of carbonyl (C=O) groups excluding carboxylic acids is 1. The van der Waals surface area contributed by atoms with Gasteiger partial charge < -0.3 is 14.6 Å². The molecule has 0 atom stereocenters. The molecule has 0 saturated heterocycles. The smallest absolute Gasteiger partial charge is 0.406 e. The van der Waals surface area contributed by atoms with Gasteiger partial charge in [-0.1, -0.05) is 12.1 Å². The fourth-order valence-electron chi connectivity index (χ4n) is 1.72. The highest BCUT2D eigenvalue weighted by atomic mass is 19.4. The molecule has 22 heavy (non-hydrogen) atoms. The zero-order valence-corrected chi connectivity index (χ0v) is 11.6. The molecule has 0 aliphatic rings. The van der Waals surface area contributed by atoms with E-state index in [4.69, 9.17) is 4.52 Å². The molecule has 1 N–H and O–H groups in total. The fourth-order valence-corrected chi connectivity index (χ4v) is 1.72. The molecule has 0 bridgehead atoms. The molecule has 5 nitrogen and oxygen atoms in total. The Bertz CT molecular complexity index is 636. The zero-order chi connectivity index (χ0) is 16.2. The Balaban J connectivity index is 1.99. The third-order valence-corrected chi connectivity index (χ3v) is 2.63. The molecule has 0 saturated carbocycles. The summed E-state index contributed by atoms with van der Waals surface area (Å²) in [6.07, 6.45) is -3.22. The maximum Gasteiger partial charge on any atom is 0.573 e. The molecule has 1 aromatic heterocycles. The lowest BCUT2D eigenvalue weighted by Gasteiger charge is -2.09. The number of amides is 1. The number of aromatic nitrogens is 1. The second-order valence-corrected chi connectivity index (χ2v) is 4.45. The minimum atomic E-state index is -4.75. The summed E-state index contributed by atoms with van der Waals surface area (Å²) < 4.78 is 44.8. The van der Waals surface area contributed by atoms with Crippen molar-refractivity contribution in [3.05, 3.63) is 41.8 Å². The Hall–Kier alpha value is -2.51. The van der Waals surface area contributed by atoms with Crippen LogP contribution in [0.1, 0.15) is 29.6 Å². The van der Waals surface area contributed by atoms with Gasteiger partial charge in [0.05, 0.1) is 0 Å². The van der Waals surface area contributed by atoms with Crippen LogP contribution in [-0.4, -0.2) is 17.4 Å². The van der Waals surface area contributed by atoms with E-state index >= 15 is 0 Å². The van der Waals surface area contributed by atoms with Gasteiger partial charge in [-0.15, -0.1) is 13.2 Å². The van der Waals surface area contributed by atoms with E-state index in [0.717, 1.165) is 18.6 Å². The lowest BCUT2D eigenvalue weighted by Crippen LogP contribution is -2.17. The average molecular weight is 314 g/mol. The normalized spacial score (nSPS) is 11.3. The van der Waals surface area contributed by atoms with Crippen LogP contribution in [-0.2, 0) is 6.42 Å². The number of hydrogen-bond acceptors (Lipinski definition) is 4. The summed E-state index contributed by atoms with van der Waals surface area (Å²) in [5, 5.41) is 6.14. The molecular formula is C14H13F3N2O3. The van der Waals surface area contributed by atoms with E-state index in [1.165, 1.54) is 18.2 Å². The number of hydrogen-bond donors (Lipinski definition) is 1. The van der Waals surface area contributed by atoms with Gasteiger partial charge in [0.15, 0.2) is 5.69 Å². The van der Waals surface area contributed by atoms with Gasteiger partial charge in [0.25, 0.3) is 5.91 Å². The number of alkyl halides is 3. The molecule has 0 aliphatic heterocycles. The maximum atomic E-state index is 12.0. The summed E-state index contributed by atoms with van der Waals surface area (Å²) in [7, 11) is 0. The second-order valence-electron chi connectivity index (χ2n) is 4.45. The summed E-state index contributed by atoms with van der Waals surface area (Å²) in [6.45, 7) is 1.97. The summed E-state index contributed by atoms with van der Waals surface area (Å²) in [5.74, 6) is -0.269. The van der Waals surface area contributed by atoms with Gasteiger partial charge in [0.2, 0.25) is 0 Å². The lowest BCUT2D eigenvalue weighted by atomic mass is 10.2. The van der Waals surface area contributed by atoms with Crippen LogP contribution in [0.3, 0.4) is 0 Å². The Morgan fingerprint density at radius 3 is 2.59 bits per heavy atom.